The van der Waals surface area contributed by atoms with Crippen LogP contribution in [0.15, 0.2) is 36.7 Å². The number of nitrogens with one attached hydrogen (secondary N) is 1. The van der Waals surface area contributed by atoms with E-state index < -0.39 is 11.6 Å². The monoisotopic (exact) mass is 350 g/mol. The zero-order valence-electron chi connectivity index (χ0n) is 14.7. The van der Waals surface area contributed by atoms with Crippen LogP contribution in [0.2, 0.25) is 0 Å². The molecule has 26 heavy (non-hydrogen) atoms. The third kappa shape index (κ3) is 2.42. The van der Waals surface area contributed by atoms with E-state index in [4.69, 9.17) is 0 Å². The quantitative estimate of drug-likeness (QED) is 0.725. The Morgan fingerprint density at radius 3 is 2.50 bits per heavy atom. The van der Waals surface area contributed by atoms with Crippen LogP contribution in [0.3, 0.4) is 0 Å². The number of nitrogens with zero attached hydrogens (tertiary/aromatic N) is 5. The summed E-state index contributed by atoms with van der Waals surface area (Å²) in [6.45, 7) is 3.58. The highest BCUT2D eigenvalue weighted by atomic mass is 16.2. The van der Waals surface area contributed by atoms with Gasteiger partial charge >= 0.3 is 6.03 Å². The normalized spacial score (nSPS) is 20.0. The summed E-state index contributed by atoms with van der Waals surface area (Å²) in [6, 6.07) is 7.06. The number of amides is 3. The molecule has 3 aromatic rings. The molecule has 1 aromatic carbocycles. The standard InChI is InChI=1S/C18H18N6O2/c1-11-15(21-14-7-5-4-6-13(14)20-11)10-24-16(25)18(2,22-17(24)26)12-8-19-23(3)9-12/h4-9H,10H2,1-3H3,(H,22,26). The predicted molar refractivity (Wildman–Crippen MR) is 93.9 cm³/mol. The van der Waals surface area contributed by atoms with Crippen LogP contribution in [0.1, 0.15) is 23.9 Å². The van der Waals surface area contributed by atoms with E-state index in [0.29, 0.717) is 17.0 Å². The smallest absolute Gasteiger partial charge is 0.319 e. The van der Waals surface area contributed by atoms with Gasteiger partial charge in [0.25, 0.3) is 5.91 Å². The van der Waals surface area contributed by atoms with E-state index >= 15 is 0 Å². The Morgan fingerprint density at radius 1 is 1.15 bits per heavy atom. The number of benzene rings is 1. The number of aromatic nitrogens is 4. The summed E-state index contributed by atoms with van der Waals surface area (Å²) in [5.41, 5.74) is 2.31. The van der Waals surface area contributed by atoms with Gasteiger partial charge in [-0.3, -0.25) is 14.4 Å². The van der Waals surface area contributed by atoms with Crippen molar-refractivity contribution in [2.75, 3.05) is 0 Å². The molecular formula is C18H18N6O2. The number of carbonyl (C=O) groups excluding carboxylic acids is 2. The van der Waals surface area contributed by atoms with Crippen molar-refractivity contribution in [3.05, 3.63) is 53.6 Å². The van der Waals surface area contributed by atoms with Gasteiger partial charge in [-0.1, -0.05) is 12.1 Å². The van der Waals surface area contributed by atoms with E-state index in [-0.39, 0.29) is 12.5 Å². The van der Waals surface area contributed by atoms with Gasteiger partial charge < -0.3 is 5.32 Å². The Labute approximate surface area is 149 Å². The molecule has 1 N–H and O–H groups in total. The summed E-state index contributed by atoms with van der Waals surface area (Å²) in [6.07, 6.45) is 3.31. The van der Waals surface area contributed by atoms with Crippen molar-refractivity contribution >= 4 is 23.0 Å². The fourth-order valence-corrected chi connectivity index (χ4v) is 3.14. The fourth-order valence-electron chi connectivity index (χ4n) is 3.14. The molecule has 2 aromatic heterocycles. The molecule has 1 aliphatic heterocycles. The lowest BCUT2D eigenvalue weighted by atomic mass is 9.95. The van der Waals surface area contributed by atoms with Crippen LogP contribution in [0, 0.1) is 6.92 Å². The first kappa shape index (κ1) is 16.2. The van der Waals surface area contributed by atoms with Crippen molar-refractivity contribution in [1.29, 1.82) is 0 Å². The van der Waals surface area contributed by atoms with Crippen LogP contribution in [-0.4, -0.2) is 36.6 Å². The highest BCUT2D eigenvalue weighted by Gasteiger charge is 2.49. The molecule has 0 saturated carbocycles. The number of carbonyl (C=O) groups is 2. The minimum atomic E-state index is -1.14. The molecule has 0 radical (unpaired) electrons. The summed E-state index contributed by atoms with van der Waals surface area (Å²) < 4.78 is 1.60. The van der Waals surface area contributed by atoms with Gasteiger partial charge in [-0.2, -0.15) is 5.10 Å². The second-order valence-electron chi connectivity index (χ2n) is 6.59. The lowest BCUT2D eigenvalue weighted by molar-refractivity contribution is -0.131. The molecule has 0 bridgehead atoms. The number of imide groups is 1. The van der Waals surface area contributed by atoms with Crippen molar-refractivity contribution in [2.24, 2.45) is 7.05 Å². The second kappa shape index (κ2) is 5.62. The van der Waals surface area contributed by atoms with Gasteiger partial charge in [-0.15, -0.1) is 0 Å². The zero-order valence-corrected chi connectivity index (χ0v) is 14.7. The Hall–Kier alpha value is -3.29. The van der Waals surface area contributed by atoms with Crippen molar-refractivity contribution in [3.63, 3.8) is 0 Å². The Morgan fingerprint density at radius 2 is 1.85 bits per heavy atom. The summed E-state index contributed by atoms with van der Waals surface area (Å²) in [7, 11) is 1.76. The fraction of sp³-hybridized carbons (Fsp3) is 0.278. The van der Waals surface area contributed by atoms with E-state index in [0.717, 1.165) is 11.0 Å². The zero-order chi connectivity index (χ0) is 18.5. The lowest BCUT2D eigenvalue weighted by Gasteiger charge is -2.20. The molecule has 1 aliphatic rings. The molecule has 0 spiro atoms. The first-order chi connectivity index (χ1) is 12.4. The van der Waals surface area contributed by atoms with Gasteiger partial charge in [0.05, 0.1) is 35.2 Å². The molecule has 1 saturated heterocycles. The second-order valence-corrected chi connectivity index (χ2v) is 6.59. The number of urea groups is 1. The Kier molecular flexibility index (Phi) is 3.50. The molecule has 4 rings (SSSR count). The van der Waals surface area contributed by atoms with E-state index in [9.17, 15) is 9.59 Å². The molecule has 3 heterocycles. The van der Waals surface area contributed by atoms with E-state index in [1.54, 1.807) is 31.0 Å². The minimum absolute atomic E-state index is 0.0736. The van der Waals surface area contributed by atoms with Crippen LogP contribution in [0.25, 0.3) is 11.0 Å². The highest BCUT2D eigenvalue weighted by molar-refractivity contribution is 6.07. The molecule has 8 heteroatoms. The molecule has 1 fully saturated rings. The molecule has 8 nitrogen and oxygen atoms in total. The molecule has 1 unspecified atom stereocenters. The number of para-hydroxylation sites is 2. The maximum absolute atomic E-state index is 13.0. The average Bonchev–Trinajstić information content (AvgIpc) is 3.13. The molecular weight excluding hydrogens is 332 g/mol. The molecule has 132 valence electrons. The third-order valence-corrected chi connectivity index (χ3v) is 4.71. The first-order valence-corrected chi connectivity index (χ1v) is 8.24. The third-order valence-electron chi connectivity index (χ3n) is 4.71. The first-order valence-electron chi connectivity index (χ1n) is 8.24. The number of hydrogen-bond acceptors (Lipinski definition) is 5. The predicted octanol–water partition coefficient (Wildman–Crippen LogP) is 1.64. The Bertz CT molecular complexity index is 1040. The van der Waals surface area contributed by atoms with E-state index in [1.807, 2.05) is 31.2 Å². The number of rotatable bonds is 3. The SMILES string of the molecule is Cc1nc2ccccc2nc1CN1C(=O)NC(C)(c2cnn(C)c2)C1=O. The van der Waals surface area contributed by atoms with Gasteiger partial charge in [0.1, 0.15) is 5.54 Å². The van der Waals surface area contributed by atoms with Gasteiger partial charge in [-0.05, 0) is 26.0 Å². The minimum Gasteiger partial charge on any atom is -0.319 e. The largest absolute Gasteiger partial charge is 0.325 e. The van der Waals surface area contributed by atoms with Crippen molar-refractivity contribution in [2.45, 2.75) is 25.9 Å². The van der Waals surface area contributed by atoms with Gasteiger partial charge in [0.15, 0.2) is 0 Å². The molecule has 1 atom stereocenters. The lowest BCUT2D eigenvalue weighted by Crippen LogP contribution is -2.40. The van der Waals surface area contributed by atoms with Crippen molar-refractivity contribution < 1.29 is 9.59 Å². The molecule has 3 amide bonds. The summed E-state index contributed by atoms with van der Waals surface area (Å²) in [4.78, 5) is 35.7. The van der Waals surface area contributed by atoms with Crippen LogP contribution < -0.4 is 5.32 Å². The number of hydrogen-bond donors (Lipinski definition) is 1. The number of aryl methyl sites for hydroxylation is 2. The summed E-state index contributed by atoms with van der Waals surface area (Å²) in [5.74, 6) is -0.329. The van der Waals surface area contributed by atoms with Gasteiger partial charge in [0, 0.05) is 18.8 Å². The number of fused-ring (bicyclic) bond motifs is 1. The van der Waals surface area contributed by atoms with E-state index in [2.05, 4.69) is 20.4 Å². The van der Waals surface area contributed by atoms with Gasteiger partial charge in [0.2, 0.25) is 0 Å². The maximum atomic E-state index is 13.0. The summed E-state index contributed by atoms with van der Waals surface area (Å²) in [5, 5.41) is 6.87. The van der Waals surface area contributed by atoms with Crippen molar-refractivity contribution in [1.82, 2.24) is 30.0 Å². The van der Waals surface area contributed by atoms with Crippen LogP contribution >= 0.6 is 0 Å². The summed E-state index contributed by atoms with van der Waals surface area (Å²) >= 11 is 0. The van der Waals surface area contributed by atoms with Crippen LogP contribution in [0.5, 0.6) is 0 Å². The van der Waals surface area contributed by atoms with Gasteiger partial charge in [-0.25, -0.2) is 14.8 Å². The van der Waals surface area contributed by atoms with E-state index in [1.165, 1.54) is 4.90 Å². The molecule has 0 aliphatic carbocycles. The topological polar surface area (TPSA) is 93.0 Å². The van der Waals surface area contributed by atoms with Crippen molar-refractivity contribution in [3.8, 4) is 0 Å². The average molecular weight is 350 g/mol. The van der Waals surface area contributed by atoms with Crippen LogP contribution in [0.4, 0.5) is 4.79 Å². The van der Waals surface area contributed by atoms with Crippen LogP contribution in [-0.2, 0) is 23.9 Å². The highest BCUT2D eigenvalue weighted by Crippen LogP contribution is 2.29. The maximum Gasteiger partial charge on any atom is 0.325 e. The Balaban J connectivity index is 1.68.